The van der Waals surface area contributed by atoms with Gasteiger partial charge in [-0.1, -0.05) is 6.92 Å². The summed E-state index contributed by atoms with van der Waals surface area (Å²) >= 11 is 8.97. The number of rotatable bonds is 3. The van der Waals surface area contributed by atoms with Gasteiger partial charge in [-0.15, -0.1) is 22.9 Å². The van der Waals surface area contributed by atoms with Crippen molar-refractivity contribution in [3.8, 4) is 0 Å². The van der Waals surface area contributed by atoms with Gasteiger partial charge in [0, 0.05) is 9.75 Å². The number of alkyl halides is 1. The molecule has 19 heavy (non-hydrogen) atoms. The molecule has 0 spiro atoms. The van der Waals surface area contributed by atoms with E-state index in [0.29, 0.717) is 5.41 Å². The second kappa shape index (κ2) is 4.49. The fraction of sp³-hybridized carbons (Fsp3) is 0.765. The molecule has 4 fully saturated rings. The van der Waals surface area contributed by atoms with Crippen molar-refractivity contribution in [3.05, 3.63) is 21.9 Å². The molecule has 4 saturated carbocycles. The van der Waals surface area contributed by atoms with Crippen molar-refractivity contribution in [1.29, 1.82) is 0 Å². The molecule has 1 heterocycles. The van der Waals surface area contributed by atoms with Gasteiger partial charge in [0.15, 0.2) is 0 Å². The third-order valence-electron chi connectivity index (χ3n) is 5.90. The number of thiophene rings is 1. The first kappa shape index (κ1) is 12.7. The van der Waals surface area contributed by atoms with Crippen LogP contribution in [0, 0.1) is 23.2 Å². The smallest absolute Gasteiger partial charge is 0.0735 e. The van der Waals surface area contributed by atoms with E-state index in [2.05, 4.69) is 19.1 Å². The third kappa shape index (κ3) is 2.00. The monoisotopic (exact) mass is 294 g/mol. The zero-order chi connectivity index (χ0) is 13.0. The largest absolute Gasteiger partial charge is 0.144 e. The van der Waals surface area contributed by atoms with Gasteiger partial charge in [-0.05, 0) is 80.2 Å². The Morgan fingerprint density at radius 2 is 1.74 bits per heavy atom. The number of halogens is 1. The van der Waals surface area contributed by atoms with Crippen molar-refractivity contribution >= 4 is 22.9 Å². The minimum atomic E-state index is 0.284. The molecular formula is C17H23ClS. The topological polar surface area (TPSA) is 0 Å². The summed E-state index contributed by atoms with van der Waals surface area (Å²) in [5.74, 6) is 2.99. The second-order valence-electron chi connectivity index (χ2n) is 7.30. The lowest BCUT2D eigenvalue weighted by Crippen LogP contribution is -2.47. The maximum Gasteiger partial charge on any atom is 0.0735 e. The molecule has 0 aromatic carbocycles. The normalized spacial score (nSPS) is 41.7. The quantitative estimate of drug-likeness (QED) is 0.617. The van der Waals surface area contributed by atoms with E-state index in [1.165, 1.54) is 48.3 Å². The first-order valence-electron chi connectivity index (χ1n) is 7.91. The molecule has 1 aromatic rings. The van der Waals surface area contributed by atoms with E-state index in [0.717, 1.165) is 24.2 Å². The van der Waals surface area contributed by atoms with Gasteiger partial charge in [-0.25, -0.2) is 0 Å². The summed E-state index contributed by atoms with van der Waals surface area (Å²) < 4.78 is 0. The standard InChI is InChI=1S/C17H23ClS/c1-2-14-3-4-15(19-14)16(18)17-8-11-5-12(9-17)7-13(6-11)10-17/h3-4,11-13,16H,2,5-10H2,1H3. The van der Waals surface area contributed by atoms with E-state index >= 15 is 0 Å². The van der Waals surface area contributed by atoms with Crippen molar-refractivity contribution in [2.45, 2.75) is 57.2 Å². The molecule has 0 amide bonds. The summed E-state index contributed by atoms with van der Waals surface area (Å²) in [6.45, 7) is 2.24. The van der Waals surface area contributed by atoms with Gasteiger partial charge >= 0.3 is 0 Å². The molecule has 0 saturated heterocycles. The average molecular weight is 295 g/mol. The van der Waals surface area contributed by atoms with E-state index in [-0.39, 0.29) is 5.38 Å². The first-order chi connectivity index (χ1) is 9.18. The zero-order valence-electron chi connectivity index (χ0n) is 11.7. The molecule has 1 unspecified atom stereocenters. The minimum absolute atomic E-state index is 0.284. The van der Waals surface area contributed by atoms with Crippen molar-refractivity contribution in [2.75, 3.05) is 0 Å². The highest BCUT2D eigenvalue weighted by molar-refractivity contribution is 7.12. The molecule has 2 heteroatoms. The molecule has 4 aliphatic carbocycles. The van der Waals surface area contributed by atoms with Crippen LogP contribution in [-0.2, 0) is 6.42 Å². The molecule has 0 nitrogen and oxygen atoms in total. The van der Waals surface area contributed by atoms with Crippen LogP contribution in [0.4, 0.5) is 0 Å². The van der Waals surface area contributed by atoms with Crippen LogP contribution in [0.5, 0.6) is 0 Å². The van der Waals surface area contributed by atoms with Gasteiger partial charge in [0.25, 0.3) is 0 Å². The van der Waals surface area contributed by atoms with Gasteiger partial charge in [0.2, 0.25) is 0 Å². The van der Waals surface area contributed by atoms with Crippen LogP contribution >= 0.6 is 22.9 Å². The predicted octanol–water partition coefficient (Wildman–Crippen LogP) is 5.81. The van der Waals surface area contributed by atoms with Crippen LogP contribution in [-0.4, -0.2) is 0 Å². The van der Waals surface area contributed by atoms with Crippen LogP contribution in [0.2, 0.25) is 0 Å². The van der Waals surface area contributed by atoms with E-state index in [9.17, 15) is 0 Å². The van der Waals surface area contributed by atoms with Crippen molar-refractivity contribution < 1.29 is 0 Å². The van der Waals surface area contributed by atoms with Crippen molar-refractivity contribution in [1.82, 2.24) is 0 Å². The van der Waals surface area contributed by atoms with Gasteiger partial charge < -0.3 is 0 Å². The fourth-order valence-corrected chi connectivity index (χ4v) is 7.06. The molecule has 4 bridgehead atoms. The molecule has 1 atom stereocenters. The van der Waals surface area contributed by atoms with E-state index < -0.39 is 0 Å². The highest BCUT2D eigenvalue weighted by Crippen LogP contribution is 2.65. The van der Waals surface area contributed by atoms with E-state index in [4.69, 9.17) is 11.6 Å². The fourth-order valence-electron chi connectivity index (χ4n) is 5.51. The maximum absolute atomic E-state index is 7.01. The summed E-state index contributed by atoms with van der Waals surface area (Å²) in [4.78, 5) is 2.94. The Balaban J connectivity index is 1.63. The van der Waals surface area contributed by atoms with Crippen molar-refractivity contribution in [3.63, 3.8) is 0 Å². The van der Waals surface area contributed by atoms with Gasteiger partial charge in [-0.2, -0.15) is 0 Å². The average Bonchev–Trinajstić information content (AvgIpc) is 2.84. The Hall–Kier alpha value is -0.0100. The lowest BCUT2D eigenvalue weighted by molar-refractivity contribution is -0.0547. The summed E-state index contributed by atoms with van der Waals surface area (Å²) in [6, 6.07) is 4.59. The summed E-state index contributed by atoms with van der Waals surface area (Å²) in [6.07, 6.45) is 9.90. The highest BCUT2D eigenvalue weighted by Gasteiger charge is 2.54. The second-order valence-corrected chi connectivity index (χ2v) is 8.94. The molecule has 104 valence electrons. The zero-order valence-corrected chi connectivity index (χ0v) is 13.3. The molecule has 0 aliphatic heterocycles. The predicted molar refractivity (Wildman–Crippen MR) is 82.9 cm³/mol. The Kier molecular flexibility index (Phi) is 3.01. The lowest BCUT2D eigenvalue weighted by Gasteiger charge is -2.58. The molecular weight excluding hydrogens is 272 g/mol. The SMILES string of the molecule is CCc1ccc(C(Cl)C23CC4CC(CC(C4)C2)C3)s1. The van der Waals surface area contributed by atoms with Crippen LogP contribution < -0.4 is 0 Å². The minimum Gasteiger partial charge on any atom is -0.144 e. The molecule has 0 radical (unpaired) electrons. The summed E-state index contributed by atoms with van der Waals surface area (Å²) in [5.41, 5.74) is 0.451. The summed E-state index contributed by atoms with van der Waals surface area (Å²) in [5, 5.41) is 0.284. The van der Waals surface area contributed by atoms with Crippen LogP contribution in [0.25, 0.3) is 0 Å². The van der Waals surface area contributed by atoms with Gasteiger partial charge in [0.1, 0.15) is 0 Å². The Morgan fingerprint density at radius 3 is 2.21 bits per heavy atom. The van der Waals surface area contributed by atoms with Gasteiger partial charge in [-0.3, -0.25) is 0 Å². The van der Waals surface area contributed by atoms with E-state index in [1.807, 2.05) is 11.3 Å². The highest BCUT2D eigenvalue weighted by atomic mass is 35.5. The van der Waals surface area contributed by atoms with Crippen LogP contribution in [0.3, 0.4) is 0 Å². The van der Waals surface area contributed by atoms with Crippen LogP contribution in [0.1, 0.15) is 60.6 Å². The van der Waals surface area contributed by atoms with Gasteiger partial charge in [0.05, 0.1) is 5.38 Å². The Labute approximate surface area is 125 Å². The number of hydrogen-bond acceptors (Lipinski definition) is 1. The first-order valence-corrected chi connectivity index (χ1v) is 9.16. The molecule has 5 rings (SSSR count). The number of aryl methyl sites for hydroxylation is 1. The van der Waals surface area contributed by atoms with Crippen LogP contribution in [0.15, 0.2) is 12.1 Å². The Bertz CT molecular complexity index is 440. The molecule has 1 aromatic heterocycles. The lowest BCUT2D eigenvalue weighted by atomic mass is 9.48. The Morgan fingerprint density at radius 1 is 1.16 bits per heavy atom. The number of hydrogen-bond donors (Lipinski definition) is 0. The third-order valence-corrected chi connectivity index (χ3v) is 8.03. The summed E-state index contributed by atoms with van der Waals surface area (Å²) in [7, 11) is 0. The maximum atomic E-state index is 7.01. The molecule has 4 aliphatic rings. The van der Waals surface area contributed by atoms with E-state index in [1.54, 1.807) is 0 Å². The molecule has 0 N–H and O–H groups in total. The van der Waals surface area contributed by atoms with Crippen molar-refractivity contribution in [2.24, 2.45) is 23.2 Å².